The molecular weight excluding hydrogens is 334 g/mol. The molecule has 0 unspecified atom stereocenters. The number of rotatable bonds is 3. The van der Waals surface area contributed by atoms with Gasteiger partial charge in [-0.25, -0.2) is 9.67 Å². The molecule has 8 nitrogen and oxygen atoms in total. The van der Waals surface area contributed by atoms with Gasteiger partial charge in [-0.3, -0.25) is 4.79 Å². The molecule has 26 heavy (non-hydrogen) atoms. The maximum atomic E-state index is 13.1. The van der Waals surface area contributed by atoms with Gasteiger partial charge in [0.05, 0.1) is 19.8 Å². The number of aromatic nitrogens is 4. The van der Waals surface area contributed by atoms with Crippen molar-refractivity contribution in [1.82, 2.24) is 24.9 Å². The molecule has 3 aromatic rings. The molecule has 2 aromatic heterocycles. The molecule has 134 valence electrons. The van der Waals surface area contributed by atoms with E-state index in [4.69, 9.17) is 9.47 Å². The number of carbonyl (C=O) groups is 1. The van der Waals surface area contributed by atoms with Crippen molar-refractivity contribution in [2.75, 3.05) is 20.8 Å². The van der Waals surface area contributed by atoms with E-state index in [1.54, 1.807) is 38.2 Å². The van der Waals surface area contributed by atoms with Gasteiger partial charge in [0.1, 0.15) is 5.52 Å². The summed E-state index contributed by atoms with van der Waals surface area (Å²) in [5.41, 5.74) is 3.88. The Morgan fingerprint density at radius 2 is 1.88 bits per heavy atom. The first kappa shape index (κ1) is 16.3. The zero-order valence-corrected chi connectivity index (χ0v) is 14.9. The van der Waals surface area contributed by atoms with Crippen LogP contribution in [0.3, 0.4) is 0 Å². The molecule has 4 rings (SSSR count). The Balaban J connectivity index is 1.67. The number of amides is 1. The first-order valence-corrected chi connectivity index (χ1v) is 8.29. The predicted octanol–water partition coefficient (Wildman–Crippen LogP) is 1.58. The third kappa shape index (κ3) is 2.54. The Morgan fingerprint density at radius 3 is 2.62 bits per heavy atom. The zero-order valence-electron chi connectivity index (χ0n) is 14.9. The number of fused-ring (bicyclic) bond motifs is 2. The molecule has 1 amide bonds. The second kappa shape index (κ2) is 6.29. The van der Waals surface area contributed by atoms with Crippen LogP contribution >= 0.6 is 0 Å². The third-order valence-corrected chi connectivity index (χ3v) is 4.73. The highest BCUT2D eigenvalue weighted by Gasteiger charge is 2.26. The lowest BCUT2D eigenvalue weighted by atomic mass is 9.98. The molecule has 1 aliphatic heterocycles. The number of hydrogen-bond acceptors (Lipinski definition) is 6. The van der Waals surface area contributed by atoms with E-state index >= 15 is 0 Å². The highest BCUT2D eigenvalue weighted by Crippen LogP contribution is 2.33. The molecule has 0 aliphatic carbocycles. The van der Waals surface area contributed by atoms with Crippen LogP contribution in [0.2, 0.25) is 0 Å². The Hall–Kier alpha value is -3.16. The Morgan fingerprint density at radius 1 is 1.15 bits per heavy atom. The summed E-state index contributed by atoms with van der Waals surface area (Å²) >= 11 is 0. The SMILES string of the molecule is COc1cc2c(cc1OC)CN(C(=O)c1ccnc3c1nnn3C)CC2. The summed E-state index contributed by atoms with van der Waals surface area (Å²) < 4.78 is 12.3. The van der Waals surface area contributed by atoms with Gasteiger partial charge in [0, 0.05) is 26.3 Å². The fourth-order valence-electron chi connectivity index (χ4n) is 3.33. The van der Waals surface area contributed by atoms with Gasteiger partial charge in [-0.15, -0.1) is 5.10 Å². The molecule has 1 aromatic carbocycles. The van der Waals surface area contributed by atoms with Crippen LogP contribution in [0.25, 0.3) is 11.2 Å². The minimum atomic E-state index is -0.0710. The number of benzene rings is 1. The molecule has 3 heterocycles. The average Bonchev–Trinajstić information content (AvgIpc) is 3.07. The first-order valence-electron chi connectivity index (χ1n) is 8.29. The Kier molecular flexibility index (Phi) is 3.95. The Labute approximate surface area is 150 Å². The van der Waals surface area contributed by atoms with E-state index in [0.29, 0.717) is 41.3 Å². The predicted molar refractivity (Wildman–Crippen MR) is 94.3 cm³/mol. The first-order chi connectivity index (χ1) is 12.6. The van der Waals surface area contributed by atoms with Crippen molar-refractivity contribution >= 4 is 17.1 Å². The van der Waals surface area contributed by atoms with Gasteiger partial charge in [-0.1, -0.05) is 5.21 Å². The lowest BCUT2D eigenvalue weighted by Crippen LogP contribution is -2.36. The summed E-state index contributed by atoms with van der Waals surface area (Å²) in [5.74, 6) is 1.31. The number of ether oxygens (including phenoxy) is 2. The van der Waals surface area contributed by atoms with Crippen LogP contribution in [0.15, 0.2) is 24.4 Å². The number of nitrogens with zero attached hydrogens (tertiary/aromatic N) is 5. The average molecular weight is 353 g/mol. The van der Waals surface area contributed by atoms with Crippen molar-refractivity contribution in [3.8, 4) is 11.5 Å². The van der Waals surface area contributed by atoms with Crippen LogP contribution in [-0.2, 0) is 20.0 Å². The van der Waals surface area contributed by atoms with E-state index in [-0.39, 0.29) is 5.91 Å². The molecule has 0 atom stereocenters. The summed E-state index contributed by atoms with van der Waals surface area (Å²) in [5, 5.41) is 8.06. The van der Waals surface area contributed by atoms with Crippen LogP contribution in [-0.4, -0.2) is 51.5 Å². The van der Waals surface area contributed by atoms with E-state index in [9.17, 15) is 4.79 Å². The summed E-state index contributed by atoms with van der Waals surface area (Å²) in [4.78, 5) is 19.1. The lowest BCUT2D eigenvalue weighted by molar-refractivity contribution is 0.0736. The topological polar surface area (TPSA) is 82.4 Å². The van der Waals surface area contributed by atoms with E-state index in [2.05, 4.69) is 15.3 Å². The molecule has 0 N–H and O–H groups in total. The fraction of sp³-hybridized carbons (Fsp3) is 0.333. The normalized spacial score (nSPS) is 13.6. The number of pyridine rings is 1. The van der Waals surface area contributed by atoms with E-state index in [0.717, 1.165) is 12.0 Å². The maximum Gasteiger partial charge on any atom is 0.256 e. The van der Waals surface area contributed by atoms with Crippen molar-refractivity contribution in [3.05, 3.63) is 41.1 Å². The van der Waals surface area contributed by atoms with Crippen molar-refractivity contribution in [3.63, 3.8) is 0 Å². The van der Waals surface area contributed by atoms with Gasteiger partial charge in [0.25, 0.3) is 5.91 Å². The van der Waals surface area contributed by atoms with Gasteiger partial charge >= 0.3 is 0 Å². The van der Waals surface area contributed by atoms with Crippen molar-refractivity contribution < 1.29 is 14.3 Å². The van der Waals surface area contributed by atoms with Crippen molar-refractivity contribution in [2.45, 2.75) is 13.0 Å². The largest absolute Gasteiger partial charge is 0.493 e. The lowest BCUT2D eigenvalue weighted by Gasteiger charge is -2.29. The summed E-state index contributed by atoms with van der Waals surface area (Å²) in [6.45, 7) is 1.14. The molecule has 1 aliphatic rings. The van der Waals surface area contributed by atoms with Crippen molar-refractivity contribution in [1.29, 1.82) is 0 Å². The number of methoxy groups -OCH3 is 2. The number of aryl methyl sites for hydroxylation is 1. The zero-order chi connectivity index (χ0) is 18.3. The van der Waals surface area contributed by atoms with E-state index in [1.807, 2.05) is 17.0 Å². The molecular formula is C18H19N5O3. The third-order valence-electron chi connectivity index (χ3n) is 4.73. The van der Waals surface area contributed by atoms with Crippen LogP contribution in [0.1, 0.15) is 21.5 Å². The smallest absolute Gasteiger partial charge is 0.256 e. The van der Waals surface area contributed by atoms with Crippen LogP contribution < -0.4 is 9.47 Å². The summed E-state index contributed by atoms with van der Waals surface area (Å²) in [6.07, 6.45) is 2.38. The molecule has 8 heteroatoms. The van der Waals surface area contributed by atoms with Gasteiger partial charge in [0.2, 0.25) is 0 Å². The summed E-state index contributed by atoms with van der Waals surface area (Å²) in [6, 6.07) is 5.63. The van der Waals surface area contributed by atoms with Gasteiger partial charge in [-0.2, -0.15) is 0 Å². The fourth-order valence-corrected chi connectivity index (χ4v) is 3.33. The summed E-state index contributed by atoms with van der Waals surface area (Å²) in [7, 11) is 4.99. The second-order valence-corrected chi connectivity index (χ2v) is 6.20. The molecule has 0 radical (unpaired) electrons. The minimum absolute atomic E-state index is 0.0710. The molecule has 0 saturated heterocycles. The quantitative estimate of drug-likeness (QED) is 0.711. The molecule has 0 fully saturated rings. The van der Waals surface area contributed by atoms with E-state index < -0.39 is 0 Å². The molecule has 0 bridgehead atoms. The highest BCUT2D eigenvalue weighted by atomic mass is 16.5. The van der Waals surface area contributed by atoms with Crippen LogP contribution in [0.5, 0.6) is 11.5 Å². The standard InChI is InChI=1S/C18H19N5O3/c1-22-17-16(20-21-22)13(4-6-19-17)18(24)23-7-5-11-8-14(25-2)15(26-3)9-12(11)10-23/h4,6,8-9H,5,7,10H2,1-3H3. The monoisotopic (exact) mass is 353 g/mol. The van der Waals surface area contributed by atoms with Crippen molar-refractivity contribution in [2.24, 2.45) is 7.05 Å². The minimum Gasteiger partial charge on any atom is -0.493 e. The van der Waals surface area contributed by atoms with Gasteiger partial charge in [0.15, 0.2) is 17.1 Å². The van der Waals surface area contributed by atoms with E-state index in [1.165, 1.54) is 5.56 Å². The number of hydrogen-bond donors (Lipinski definition) is 0. The molecule has 0 saturated carbocycles. The Bertz CT molecular complexity index is 998. The maximum absolute atomic E-state index is 13.1. The highest BCUT2D eigenvalue weighted by molar-refractivity contribution is 6.03. The second-order valence-electron chi connectivity index (χ2n) is 6.20. The molecule has 0 spiro atoms. The van der Waals surface area contributed by atoms with Gasteiger partial charge < -0.3 is 14.4 Å². The van der Waals surface area contributed by atoms with Crippen LogP contribution in [0.4, 0.5) is 0 Å². The number of carbonyl (C=O) groups excluding carboxylic acids is 1. The van der Waals surface area contributed by atoms with Crippen LogP contribution in [0, 0.1) is 0 Å². The van der Waals surface area contributed by atoms with Gasteiger partial charge in [-0.05, 0) is 35.7 Å².